The van der Waals surface area contributed by atoms with Gasteiger partial charge in [0.1, 0.15) is 0 Å². The van der Waals surface area contributed by atoms with Gasteiger partial charge in [-0.2, -0.15) is 0 Å². The molecule has 1 aliphatic carbocycles. The number of halogens is 1. The Bertz CT molecular complexity index is 454. The summed E-state index contributed by atoms with van der Waals surface area (Å²) in [5, 5.41) is 11.1. The third-order valence-corrected chi connectivity index (χ3v) is 5.10. The number of nitrogens with zero attached hydrogens (tertiary/aromatic N) is 1. The third-order valence-electron chi connectivity index (χ3n) is 4.76. The second-order valence-corrected chi connectivity index (χ2v) is 6.53. The molecular weight excluding hydrogens is 284 g/mol. The summed E-state index contributed by atoms with van der Waals surface area (Å²) in [5.74, 6) is 0. The molecule has 4 unspecified atom stereocenters. The van der Waals surface area contributed by atoms with Crippen molar-refractivity contribution in [2.75, 3.05) is 7.05 Å². The van der Waals surface area contributed by atoms with Crippen molar-refractivity contribution < 1.29 is 5.11 Å². The van der Waals surface area contributed by atoms with Crippen LogP contribution in [0.3, 0.4) is 0 Å². The number of hydrogen-bond acceptors (Lipinski definition) is 3. The van der Waals surface area contributed by atoms with E-state index in [1.807, 2.05) is 24.3 Å². The molecule has 0 heterocycles. The lowest BCUT2D eigenvalue weighted by molar-refractivity contribution is 0.00646. The van der Waals surface area contributed by atoms with Crippen LogP contribution in [0.15, 0.2) is 24.3 Å². The summed E-state index contributed by atoms with van der Waals surface area (Å²) >= 11 is 6.39. The van der Waals surface area contributed by atoms with Gasteiger partial charge in [-0.3, -0.25) is 4.90 Å². The fraction of sp³-hybridized carbons (Fsp3) is 0.647. The van der Waals surface area contributed by atoms with E-state index in [0.29, 0.717) is 0 Å². The number of aliphatic hydroxyl groups excluding tert-OH is 1. The van der Waals surface area contributed by atoms with Gasteiger partial charge in [0.25, 0.3) is 0 Å². The van der Waals surface area contributed by atoms with Crippen LogP contribution in [-0.2, 0) is 0 Å². The van der Waals surface area contributed by atoms with Crippen molar-refractivity contribution in [3.8, 4) is 0 Å². The average molecular weight is 311 g/mol. The van der Waals surface area contributed by atoms with Crippen molar-refractivity contribution in [1.82, 2.24) is 4.90 Å². The second kappa shape index (κ2) is 7.59. The number of likely N-dealkylation sites (N-methyl/N-ethyl adjacent to an activating group) is 1. The molecule has 0 aliphatic heterocycles. The quantitative estimate of drug-likeness (QED) is 0.877. The molecule has 0 amide bonds. The molecule has 0 radical (unpaired) electrons. The van der Waals surface area contributed by atoms with E-state index in [9.17, 15) is 5.11 Å². The molecule has 3 nitrogen and oxygen atoms in total. The lowest BCUT2D eigenvalue weighted by Gasteiger charge is -2.42. The maximum Gasteiger partial charge on any atom is 0.0695 e. The van der Waals surface area contributed by atoms with Crippen LogP contribution in [-0.4, -0.2) is 35.2 Å². The Hall–Kier alpha value is -0.610. The molecule has 4 atom stereocenters. The molecule has 4 heteroatoms. The summed E-state index contributed by atoms with van der Waals surface area (Å²) in [7, 11) is 2.07. The summed E-state index contributed by atoms with van der Waals surface area (Å²) in [6, 6.07) is 8.12. The first-order valence-corrected chi connectivity index (χ1v) is 8.34. The summed E-state index contributed by atoms with van der Waals surface area (Å²) in [4.78, 5) is 2.25. The van der Waals surface area contributed by atoms with Crippen LogP contribution in [0.4, 0.5) is 0 Å². The number of aliphatic hydroxyl groups is 1. The molecule has 3 N–H and O–H groups in total. The van der Waals surface area contributed by atoms with E-state index >= 15 is 0 Å². The molecule has 0 spiro atoms. The predicted molar refractivity (Wildman–Crippen MR) is 88.5 cm³/mol. The van der Waals surface area contributed by atoms with Gasteiger partial charge < -0.3 is 10.8 Å². The van der Waals surface area contributed by atoms with Crippen molar-refractivity contribution >= 4 is 11.6 Å². The molecule has 2 rings (SSSR count). The second-order valence-electron chi connectivity index (χ2n) is 6.12. The molecule has 0 bridgehead atoms. The normalized spacial score (nSPS) is 25.8. The van der Waals surface area contributed by atoms with Crippen LogP contribution in [0.25, 0.3) is 0 Å². The zero-order valence-corrected chi connectivity index (χ0v) is 13.8. The van der Waals surface area contributed by atoms with Crippen LogP contribution in [0.2, 0.25) is 5.02 Å². The maximum absolute atomic E-state index is 10.3. The van der Waals surface area contributed by atoms with Gasteiger partial charge in [0.2, 0.25) is 0 Å². The maximum atomic E-state index is 10.3. The third kappa shape index (κ3) is 3.78. The summed E-state index contributed by atoms with van der Waals surface area (Å²) in [5.41, 5.74) is 7.45. The molecule has 1 fully saturated rings. The molecule has 1 aromatic carbocycles. The highest BCUT2D eigenvalue weighted by molar-refractivity contribution is 6.31. The van der Waals surface area contributed by atoms with E-state index in [-0.39, 0.29) is 24.2 Å². The SMILES string of the molecule is CCC(N)C(c1ccccc1Cl)N(C)C1CCCCC1O. The van der Waals surface area contributed by atoms with Crippen LogP contribution in [0.1, 0.15) is 50.6 Å². The van der Waals surface area contributed by atoms with Crippen LogP contribution in [0, 0.1) is 0 Å². The number of nitrogens with two attached hydrogens (primary N) is 1. The highest BCUT2D eigenvalue weighted by Gasteiger charge is 2.34. The standard InChI is InChI=1S/C17H27ClN2O/c1-3-14(19)17(12-8-4-5-9-13(12)18)20(2)15-10-6-7-11-16(15)21/h4-5,8-9,14-17,21H,3,6-7,10-11,19H2,1-2H3. The van der Waals surface area contributed by atoms with E-state index in [4.69, 9.17) is 17.3 Å². The van der Waals surface area contributed by atoms with Crippen molar-refractivity contribution in [3.63, 3.8) is 0 Å². The molecular formula is C17H27ClN2O. The van der Waals surface area contributed by atoms with Gasteiger partial charge >= 0.3 is 0 Å². The molecule has 1 aliphatic rings. The first-order valence-electron chi connectivity index (χ1n) is 7.96. The van der Waals surface area contributed by atoms with Gasteiger partial charge in [0.15, 0.2) is 0 Å². The molecule has 21 heavy (non-hydrogen) atoms. The number of hydrogen-bond donors (Lipinski definition) is 2. The Morgan fingerprint density at radius 1 is 1.33 bits per heavy atom. The van der Waals surface area contributed by atoms with Gasteiger partial charge in [-0.15, -0.1) is 0 Å². The molecule has 0 aromatic heterocycles. The Morgan fingerprint density at radius 2 is 2.00 bits per heavy atom. The van der Waals surface area contributed by atoms with E-state index in [2.05, 4.69) is 18.9 Å². The van der Waals surface area contributed by atoms with E-state index in [1.54, 1.807) is 0 Å². The minimum atomic E-state index is -0.266. The Morgan fingerprint density at radius 3 is 2.62 bits per heavy atom. The Labute approximate surface area is 133 Å². The van der Waals surface area contributed by atoms with Crippen molar-refractivity contribution in [2.45, 2.75) is 63.3 Å². The highest BCUT2D eigenvalue weighted by atomic mass is 35.5. The predicted octanol–water partition coefficient (Wildman–Crippen LogP) is 3.35. The number of rotatable bonds is 5. The van der Waals surface area contributed by atoms with Crippen LogP contribution >= 0.6 is 11.6 Å². The van der Waals surface area contributed by atoms with E-state index in [0.717, 1.165) is 36.3 Å². The molecule has 118 valence electrons. The minimum Gasteiger partial charge on any atom is -0.391 e. The highest BCUT2D eigenvalue weighted by Crippen LogP contribution is 2.34. The smallest absolute Gasteiger partial charge is 0.0695 e. The fourth-order valence-electron chi connectivity index (χ4n) is 3.46. The summed E-state index contributed by atoms with van der Waals surface area (Å²) in [6.45, 7) is 2.10. The van der Waals surface area contributed by atoms with Crippen molar-refractivity contribution in [3.05, 3.63) is 34.9 Å². The minimum absolute atomic E-state index is 0.00373. The van der Waals surface area contributed by atoms with Crippen LogP contribution < -0.4 is 5.73 Å². The van der Waals surface area contributed by atoms with Gasteiger partial charge in [0.05, 0.1) is 12.1 Å². The van der Waals surface area contributed by atoms with Gasteiger partial charge in [-0.05, 0) is 37.9 Å². The molecule has 1 saturated carbocycles. The Kier molecular flexibility index (Phi) is 6.06. The summed E-state index contributed by atoms with van der Waals surface area (Å²) < 4.78 is 0. The average Bonchev–Trinajstić information content (AvgIpc) is 2.49. The van der Waals surface area contributed by atoms with Crippen molar-refractivity contribution in [2.24, 2.45) is 5.73 Å². The topological polar surface area (TPSA) is 49.5 Å². The monoisotopic (exact) mass is 310 g/mol. The summed E-state index contributed by atoms with van der Waals surface area (Å²) in [6.07, 6.45) is 4.80. The van der Waals surface area contributed by atoms with Gasteiger partial charge in [-0.1, -0.05) is 49.6 Å². The van der Waals surface area contributed by atoms with E-state index in [1.165, 1.54) is 6.42 Å². The Balaban J connectivity index is 2.29. The van der Waals surface area contributed by atoms with Crippen LogP contribution in [0.5, 0.6) is 0 Å². The van der Waals surface area contributed by atoms with Gasteiger partial charge in [-0.25, -0.2) is 0 Å². The molecule has 0 saturated heterocycles. The molecule has 1 aromatic rings. The first kappa shape index (κ1) is 16.8. The van der Waals surface area contributed by atoms with E-state index < -0.39 is 0 Å². The largest absolute Gasteiger partial charge is 0.391 e. The zero-order chi connectivity index (χ0) is 15.4. The lowest BCUT2D eigenvalue weighted by atomic mass is 9.88. The lowest BCUT2D eigenvalue weighted by Crippen LogP contribution is -2.49. The zero-order valence-electron chi connectivity index (χ0n) is 13.0. The van der Waals surface area contributed by atoms with Gasteiger partial charge in [0, 0.05) is 17.1 Å². The van der Waals surface area contributed by atoms with Crippen molar-refractivity contribution in [1.29, 1.82) is 0 Å². The first-order chi connectivity index (χ1) is 10.1. The fourth-order valence-corrected chi connectivity index (χ4v) is 3.71. The number of benzene rings is 1.